The molecule has 12 heavy (non-hydrogen) atoms. The van der Waals surface area contributed by atoms with Gasteiger partial charge in [0.2, 0.25) is 0 Å². The van der Waals surface area contributed by atoms with Crippen LogP contribution in [0.2, 0.25) is 0 Å². The van der Waals surface area contributed by atoms with Gasteiger partial charge in [-0.3, -0.25) is 0 Å². The van der Waals surface area contributed by atoms with E-state index in [1.807, 2.05) is 0 Å². The van der Waals surface area contributed by atoms with Crippen molar-refractivity contribution in [1.82, 2.24) is 0 Å². The summed E-state index contributed by atoms with van der Waals surface area (Å²) in [4.78, 5) is 0. The summed E-state index contributed by atoms with van der Waals surface area (Å²) in [5.74, 6) is 0. The molecule has 0 radical (unpaired) electrons. The summed E-state index contributed by atoms with van der Waals surface area (Å²) in [6, 6.07) is 0. The van der Waals surface area contributed by atoms with E-state index in [0.717, 1.165) is 0 Å². The lowest BCUT2D eigenvalue weighted by Gasteiger charge is -2.11. The minimum atomic E-state index is 1.21. The summed E-state index contributed by atoms with van der Waals surface area (Å²) in [6.45, 7) is 6.39. The molecule has 0 heterocycles. The maximum Gasteiger partial charge on any atom is 0.0255 e. The van der Waals surface area contributed by atoms with E-state index >= 15 is 0 Å². The Hall–Kier alpha value is 0.910. The normalized spacial score (nSPS) is 10.5. The van der Waals surface area contributed by atoms with Gasteiger partial charge >= 0.3 is 0 Å². The highest BCUT2D eigenvalue weighted by Crippen LogP contribution is 2.34. The molecule has 1 rings (SSSR count). The van der Waals surface area contributed by atoms with Gasteiger partial charge in [-0.15, -0.1) is 0 Å². The number of halogens is 3. The predicted molar refractivity (Wildman–Crippen MR) is 68.8 cm³/mol. The number of rotatable bonds is 0. The zero-order valence-corrected chi connectivity index (χ0v) is 12.5. The first-order chi connectivity index (χ1) is 5.46. The van der Waals surface area contributed by atoms with Gasteiger partial charge < -0.3 is 0 Å². The summed E-state index contributed by atoms with van der Waals surface area (Å²) >= 11 is 9.54. The third-order valence-corrected chi connectivity index (χ3v) is 5.97. The molecule has 0 N–H and O–H groups in total. The third kappa shape index (κ3) is 1.73. The molecule has 0 aliphatic rings. The first kappa shape index (κ1) is 11.0. The van der Waals surface area contributed by atoms with Crippen LogP contribution in [-0.2, 0) is 0 Å². The van der Waals surface area contributed by atoms with Gasteiger partial charge in [0.25, 0.3) is 0 Å². The summed E-state index contributed by atoms with van der Waals surface area (Å²) in [5, 5.41) is 0. The van der Waals surface area contributed by atoms with Crippen LogP contribution >= 0.6 is 54.5 Å². The van der Waals surface area contributed by atoms with Gasteiger partial charge in [0.15, 0.2) is 0 Å². The molecule has 0 amide bonds. The maximum atomic E-state index is 3.58. The monoisotopic (exact) mass is 402 g/mol. The van der Waals surface area contributed by atoms with Crippen molar-refractivity contribution in [2.75, 3.05) is 0 Å². The maximum absolute atomic E-state index is 3.58. The molecule has 0 aromatic heterocycles. The highest BCUT2D eigenvalue weighted by molar-refractivity contribution is 14.1. The van der Waals surface area contributed by atoms with Crippen molar-refractivity contribution in [2.45, 2.75) is 20.8 Å². The molecular weight excluding hydrogens is 395 g/mol. The molecule has 0 saturated heterocycles. The van der Waals surface area contributed by atoms with Gasteiger partial charge in [0.05, 0.1) is 0 Å². The first-order valence-electron chi connectivity index (χ1n) is 3.57. The second kappa shape index (κ2) is 3.96. The number of hydrogen-bond acceptors (Lipinski definition) is 0. The average Bonchev–Trinajstić information content (AvgIpc) is 2.08. The van der Waals surface area contributed by atoms with E-state index in [2.05, 4.69) is 75.2 Å². The number of hydrogen-bond donors (Lipinski definition) is 0. The van der Waals surface area contributed by atoms with E-state index in [1.54, 1.807) is 0 Å². The summed E-state index contributed by atoms with van der Waals surface area (Å²) < 4.78 is 3.76. The molecule has 66 valence electrons. The van der Waals surface area contributed by atoms with Crippen molar-refractivity contribution < 1.29 is 0 Å². The third-order valence-electron chi connectivity index (χ3n) is 1.98. The molecular formula is C9H9Br2I. The van der Waals surface area contributed by atoms with E-state index in [4.69, 9.17) is 0 Å². The van der Waals surface area contributed by atoms with E-state index in [0.29, 0.717) is 0 Å². The molecule has 0 aliphatic carbocycles. The van der Waals surface area contributed by atoms with Crippen LogP contribution < -0.4 is 0 Å². The summed E-state index contributed by atoms with van der Waals surface area (Å²) in [7, 11) is 0. The molecule has 0 saturated carbocycles. The van der Waals surface area contributed by atoms with E-state index in [9.17, 15) is 0 Å². The zero-order chi connectivity index (χ0) is 9.46. The Morgan fingerprint density at radius 2 is 1.17 bits per heavy atom. The topological polar surface area (TPSA) is 0 Å². The van der Waals surface area contributed by atoms with Gasteiger partial charge in [-0.2, -0.15) is 0 Å². The van der Waals surface area contributed by atoms with Crippen molar-refractivity contribution >= 4 is 54.5 Å². The number of benzene rings is 1. The molecule has 0 fully saturated rings. The van der Waals surface area contributed by atoms with Crippen LogP contribution in [0.25, 0.3) is 0 Å². The minimum Gasteiger partial charge on any atom is -0.0502 e. The smallest absolute Gasteiger partial charge is 0.0255 e. The van der Waals surface area contributed by atoms with E-state index in [1.165, 1.54) is 29.2 Å². The zero-order valence-electron chi connectivity index (χ0n) is 7.13. The molecule has 0 aliphatic heterocycles. The molecule has 0 unspecified atom stereocenters. The summed E-state index contributed by atoms with van der Waals surface area (Å²) in [5.41, 5.74) is 3.94. The minimum absolute atomic E-state index is 1.21. The predicted octanol–water partition coefficient (Wildman–Crippen LogP) is 4.74. The van der Waals surface area contributed by atoms with Crippen LogP contribution in [0.1, 0.15) is 16.7 Å². The molecule has 0 bridgehead atoms. The lowest BCUT2D eigenvalue weighted by molar-refractivity contribution is 1.23. The molecule has 0 nitrogen and oxygen atoms in total. The molecule has 3 heteroatoms. The largest absolute Gasteiger partial charge is 0.0502 e. The average molecular weight is 404 g/mol. The molecule has 1 aromatic carbocycles. The SMILES string of the molecule is Cc1c(Br)c(C)c(I)c(C)c1Br. The fourth-order valence-electron chi connectivity index (χ4n) is 1.13. The summed E-state index contributed by atoms with van der Waals surface area (Å²) in [6.07, 6.45) is 0. The van der Waals surface area contributed by atoms with Gasteiger partial charge in [-0.1, -0.05) is 31.9 Å². The van der Waals surface area contributed by atoms with Crippen molar-refractivity contribution in [3.05, 3.63) is 29.2 Å². The van der Waals surface area contributed by atoms with Gasteiger partial charge in [-0.05, 0) is 60.1 Å². The van der Waals surface area contributed by atoms with Crippen molar-refractivity contribution in [2.24, 2.45) is 0 Å². The van der Waals surface area contributed by atoms with E-state index < -0.39 is 0 Å². The highest BCUT2D eigenvalue weighted by Gasteiger charge is 2.11. The quantitative estimate of drug-likeness (QED) is 0.549. The Morgan fingerprint density at radius 3 is 1.50 bits per heavy atom. The van der Waals surface area contributed by atoms with Crippen LogP contribution in [0.15, 0.2) is 8.95 Å². The second-order valence-electron chi connectivity index (χ2n) is 2.82. The van der Waals surface area contributed by atoms with Crippen molar-refractivity contribution in [3.63, 3.8) is 0 Å². The van der Waals surface area contributed by atoms with Crippen LogP contribution in [0.5, 0.6) is 0 Å². The van der Waals surface area contributed by atoms with Crippen molar-refractivity contribution in [3.8, 4) is 0 Å². The highest BCUT2D eigenvalue weighted by atomic mass is 127. The Labute approximate surface area is 104 Å². The van der Waals surface area contributed by atoms with E-state index in [-0.39, 0.29) is 0 Å². The van der Waals surface area contributed by atoms with Crippen molar-refractivity contribution in [1.29, 1.82) is 0 Å². The van der Waals surface area contributed by atoms with Gasteiger partial charge in [0, 0.05) is 12.5 Å². The second-order valence-corrected chi connectivity index (χ2v) is 5.48. The van der Waals surface area contributed by atoms with Crippen LogP contribution in [-0.4, -0.2) is 0 Å². The lowest BCUT2D eigenvalue weighted by atomic mass is 10.1. The molecule has 0 atom stereocenters. The van der Waals surface area contributed by atoms with Crippen LogP contribution in [0, 0.1) is 24.3 Å². The van der Waals surface area contributed by atoms with Crippen LogP contribution in [0.4, 0.5) is 0 Å². The molecule has 1 aromatic rings. The van der Waals surface area contributed by atoms with Crippen LogP contribution in [0.3, 0.4) is 0 Å². The van der Waals surface area contributed by atoms with Gasteiger partial charge in [-0.25, -0.2) is 0 Å². The fourth-order valence-corrected chi connectivity index (χ4v) is 3.47. The Balaban J connectivity index is 3.60. The Morgan fingerprint density at radius 1 is 0.833 bits per heavy atom. The molecule has 0 spiro atoms. The standard InChI is InChI=1S/C9H9Br2I/c1-4-7(10)5(2)9(12)6(3)8(4)11/h1-3H3. The lowest BCUT2D eigenvalue weighted by Crippen LogP contribution is -1.93. The Kier molecular flexibility index (Phi) is 3.63. The van der Waals surface area contributed by atoms with Gasteiger partial charge in [0.1, 0.15) is 0 Å². The first-order valence-corrected chi connectivity index (χ1v) is 6.23. The fraction of sp³-hybridized carbons (Fsp3) is 0.333. The Bertz CT molecular complexity index is 227.